The van der Waals surface area contributed by atoms with Gasteiger partial charge in [0.05, 0.1) is 24.7 Å². The molecule has 2 aromatic carbocycles. The molecule has 1 N–H and O–H groups in total. The van der Waals surface area contributed by atoms with E-state index >= 15 is 0 Å². The Labute approximate surface area is 187 Å². The topological polar surface area (TPSA) is 59.0 Å². The van der Waals surface area contributed by atoms with E-state index in [0.717, 1.165) is 17.7 Å². The lowest BCUT2D eigenvalue weighted by Gasteiger charge is -2.32. The van der Waals surface area contributed by atoms with E-state index in [1.807, 2.05) is 17.0 Å². The predicted molar refractivity (Wildman–Crippen MR) is 110 cm³/mol. The summed E-state index contributed by atoms with van der Waals surface area (Å²) in [6.07, 6.45) is -4.64. The van der Waals surface area contributed by atoms with Gasteiger partial charge in [0.25, 0.3) is 0 Å². The van der Waals surface area contributed by atoms with Gasteiger partial charge in [0.2, 0.25) is 0 Å². The maximum absolute atomic E-state index is 12.8. The van der Waals surface area contributed by atoms with Crippen molar-refractivity contribution in [1.82, 2.24) is 4.90 Å². The van der Waals surface area contributed by atoms with Gasteiger partial charge in [-0.15, -0.1) is 0 Å². The van der Waals surface area contributed by atoms with E-state index in [1.54, 1.807) is 12.1 Å². The molecule has 31 heavy (non-hydrogen) atoms. The summed E-state index contributed by atoms with van der Waals surface area (Å²) in [4.78, 5) is 12.8. The van der Waals surface area contributed by atoms with Crippen molar-refractivity contribution in [1.29, 1.82) is 0 Å². The van der Waals surface area contributed by atoms with Gasteiger partial charge in [-0.2, -0.15) is 13.2 Å². The Morgan fingerprint density at radius 2 is 1.84 bits per heavy atom. The van der Waals surface area contributed by atoms with Gasteiger partial charge in [-0.05, 0) is 29.8 Å². The van der Waals surface area contributed by atoms with Crippen LogP contribution < -0.4 is 4.74 Å². The molecule has 168 valence electrons. The van der Waals surface area contributed by atoms with E-state index in [4.69, 9.17) is 37.8 Å². The number of hydrogen-bond acceptors (Lipinski definition) is 4. The standard InChI is InChI=1S/C21H20Cl2F3NO4/c22-17-9-14(21(24,25)26)10-18(23)16(17)12-31-15-3-1-13(2-4-15)19-11-27(7-8-30-19)6-5-20(28)29/h1-4,9-10,19H,5-8,11-12H2,(H,28,29). The van der Waals surface area contributed by atoms with E-state index in [0.29, 0.717) is 32.0 Å². The van der Waals surface area contributed by atoms with Crippen LogP contribution in [0.5, 0.6) is 5.75 Å². The number of hydrogen-bond donors (Lipinski definition) is 1. The Bertz CT molecular complexity index is 899. The molecule has 5 nitrogen and oxygen atoms in total. The fourth-order valence-corrected chi connectivity index (χ4v) is 3.80. The van der Waals surface area contributed by atoms with Crippen LogP contribution in [-0.4, -0.2) is 42.2 Å². The molecule has 0 spiro atoms. The first kappa shape index (κ1) is 23.7. The molecular formula is C21H20Cl2F3NO4. The zero-order valence-corrected chi connectivity index (χ0v) is 17.8. The first-order chi connectivity index (χ1) is 14.6. The van der Waals surface area contributed by atoms with Crippen molar-refractivity contribution in [2.75, 3.05) is 26.2 Å². The van der Waals surface area contributed by atoms with Gasteiger partial charge in [-0.25, -0.2) is 0 Å². The number of carboxylic acid groups (broad SMARTS) is 1. The second-order valence-corrected chi connectivity index (χ2v) is 7.89. The highest BCUT2D eigenvalue weighted by Crippen LogP contribution is 2.36. The molecule has 1 atom stereocenters. The van der Waals surface area contributed by atoms with E-state index in [1.165, 1.54) is 0 Å². The Balaban J connectivity index is 1.61. The predicted octanol–water partition coefficient (Wildman–Crippen LogP) is 5.44. The van der Waals surface area contributed by atoms with E-state index in [9.17, 15) is 18.0 Å². The minimum Gasteiger partial charge on any atom is -0.489 e. The number of halogens is 5. The maximum Gasteiger partial charge on any atom is 0.416 e. The maximum atomic E-state index is 12.8. The molecule has 0 radical (unpaired) electrons. The number of rotatable bonds is 7. The molecule has 2 aromatic rings. The van der Waals surface area contributed by atoms with Crippen LogP contribution in [0.3, 0.4) is 0 Å². The summed E-state index contributed by atoms with van der Waals surface area (Å²) >= 11 is 11.9. The van der Waals surface area contributed by atoms with E-state index in [-0.39, 0.29) is 34.7 Å². The van der Waals surface area contributed by atoms with Crippen LogP contribution in [0, 0.1) is 0 Å². The summed E-state index contributed by atoms with van der Waals surface area (Å²) in [6.45, 7) is 2.15. The molecule has 0 aliphatic carbocycles. The monoisotopic (exact) mass is 477 g/mol. The average Bonchev–Trinajstić information content (AvgIpc) is 2.71. The molecule has 1 aliphatic heterocycles. The SMILES string of the molecule is O=C(O)CCN1CCOC(c2ccc(OCc3c(Cl)cc(C(F)(F)F)cc3Cl)cc2)C1. The highest BCUT2D eigenvalue weighted by atomic mass is 35.5. The molecule has 0 bridgehead atoms. The molecule has 3 rings (SSSR count). The normalized spacial score (nSPS) is 17.5. The highest BCUT2D eigenvalue weighted by molar-refractivity contribution is 6.36. The molecule has 1 saturated heterocycles. The van der Waals surface area contributed by atoms with Gasteiger partial charge in [-0.3, -0.25) is 9.69 Å². The summed E-state index contributed by atoms with van der Waals surface area (Å²) in [5.41, 5.74) is 0.267. The van der Waals surface area contributed by atoms with Crippen molar-refractivity contribution < 1.29 is 32.5 Å². The number of benzene rings is 2. The van der Waals surface area contributed by atoms with Gasteiger partial charge in [0.15, 0.2) is 0 Å². The lowest BCUT2D eigenvalue weighted by molar-refractivity contribution is -0.138. The third-order valence-corrected chi connectivity index (χ3v) is 5.57. The Morgan fingerprint density at radius 3 is 2.42 bits per heavy atom. The molecule has 1 heterocycles. The number of ether oxygens (including phenoxy) is 2. The van der Waals surface area contributed by atoms with Gasteiger partial charge in [0.1, 0.15) is 12.4 Å². The van der Waals surface area contributed by atoms with Crippen LogP contribution in [-0.2, 0) is 22.3 Å². The van der Waals surface area contributed by atoms with Crippen LogP contribution in [0.25, 0.3) is 0 Å². The van der Waals surface area contributed by atoms with Crippen molar-refractivity contribution in [3.05, 3.63) is 63.1 Å². The second kappa shape index (κ2) is 10.1. The molecular weight excluding hydrogens is 458 g/mol. The Hall–Kier alpha value is -2.00. The summed E-state index contributed by atoms with van der Waals surface area (Å²) in [6, 6.07) is 8.76. The number of nitrogens with zero attached hydrogens (tertiary/aromatic N) is 1. The Morgan fingerprint density at radius 1 is 1.19 bits per heavy atom. The van der Waals surface area contributed by atoms with Crippen LogP contribution >= 0.6 is 23.2 Å². The average molecular weight is 478 g/mol. The minimum atomic E-state index is -4.53. The molecule has 0 saturated carbocycles. The Kier molecular flexibility index (Phi) is 7.69. The first-order valence-electron chi connectivity index (χ1n) is 9.47. The van der Waals surface area contributed by atoms with Crippen LogP contribution in [0.4, 0.5) is 13.2 Å². The zero-order valence-electron chi connectivity index (χ0n) is 16.3. The lowest BCUT2D eigenvalue weighted by Crippen LogP contribution is -2.39. The van der Waals surface area contributed by atoms with Crippen molar-refractivity contribution in [3.63, 3.8) is 0 Å². The summed E-state index contributed by atoms with van der Waals surface area (Å²) in [5, 5.41) is 8.60. The van der Waals surface area contributed by atoms with Crippen molar-refractivity contribution in [3.8, 4) is 5.75 Å². The fraction of sp³-hybridized carbons (Fsp3) is 0.381. The number of alkyl halides is 3. The lowest BCUT2D eigenvalue weighted by atomic mass is 10.1. The van der Waals surface area contributed by atoms with Crippen molar-refractivity contribution >= 4 is 29.2 Å². The van der Waals surface area contributed by atoms with E-state index in [2.05, 4.69) is 0 Å². The fourth-order valence-electron chi connectivity index (χ4n) is 3.20. The largest absolute Gasteiger partial charge is 0.489 e. The van der Waals surface area contributed by atoms with Gasteiger partial charge >= 0.3 is 12.1 Å². The van der Waals surface area contributed by atoms with Crippen LogP contribution in [0.15, 0.2) is 36.4 Å². The molecule has 10 heteroatoms. The molecule has 0 aromatic heterocycles. The van der Waals surface area contributed by atoms with Gasteiger partial charge in [0, 0.05) is 35.2 Å². The van der Waals surface area contributed by atoms with Crippen LogP contribution in [0.2, 0.25) is 10.0 Å². The molecule has 1 aliphatic rings. The number of aliphatic carboxylic acids is 1. The van der Waals surface area contributed by atoms with Gasteiger partial charge in [-0.1, -0.05) is 35.3 Å². The minimum absolute atomic E-state index is 0.0779. The number of morpholine rings is 1. The molecule has 1 fully saturated rings. The van der Waals surface area contributed by atoms with E-state index < -0.39 is 17.7 Å². The van der Waals surface area contributed by atoms with Crippen molar-refractivity contribution in [2.24, 2.45) is 0 Å². The third kappa shape index (κ3) is 6.49. The first-order valence-corrected chi connectivity index (χ1v) is 10.2. The van der Waals surface area contributed by atoms with Gasteiger partial charge < -0.3 is 14.6 Å². The van der Waals surface area contributed by atoms with Crippen molar-refractivity contribution in [2.45, 2.75) is 25.3 Å². The second-order valence-electron chi connectivity index (χ2n) is 7.08. The zero-order chi connectivity index (χ0) is 22.6. The smallest absolute Gasteiger partial charge is 0.416 e. The number of carboxylic acids is 1. The summed E-state index contributed by atoms with van der Waals surface area (Å²) in [7, 11) is 0. The summed E-state index contributed by atoms with van der Waals surface area (Å²) in [5.74, 6) is -0.341. The molecule has 1 unspecified atom stereocenters. The third-order valence-electron chi connectivity index (χ3n) is 4.90. The van der Waals surface area contributed by atoms with Crippen LogP contribution in [0.1, 0.15) is 29.2 Å². The highest BCUT2D eigenvalue weighted by Gasteiger charge is 2.32. The number of carbonyl (C=O) groups is 1. The quantitative estimate of drug-likeness (QED) is 0.575. The summed E-state index contributed by atoms with van der Waals surface area (Å²) < 4.78 is 49.9. The molecule has 0 amide bonds.